The number of nitrogens with one attached hydrogen (secondary N) is 2. The molecule has 0 saturated carbocycles. The quantitative estimate of drug-likeness (QED) is 0.649. The third-order valence-corrected chi connectivity index (χ3v) is 4.05. The number of pyridine rings is 1. The lowest BCUT2D eigenvalue weighted by Gasteiger charge is -2.08. The van der Waals surface area contributed by atoms with E-state index >= 15 is 0 Å². The first-order valence-corrected chi connectivity index (χ1v) is 8.81. The topological polar surface area (TPSA) is 97.4 Å². The largest absolute Gasteiger partial charge is 0.465 e. The molecule has 0 aliphatic heterocycles. The highest BCUT2D eigenvalue weighted by molar-refractivity contribution is 6.06. The molecule has 2 N–H and O–H groups in total. The molecule has 7 heteroatoms. The Labute approximate surface area is 167 Å². The van der Waals surface area contributed by atoms with E-state index in [4.69, 9.17) is 0 Å². The van der Waals surface area contributed by atoms with Crippen LogP contribution >= 0.6 is 0 Å². The Hall–Kier alpha value is -4.00. The molecule has 0 aliphatic rings. The molecule has 146 valence electrons. The van der Waals surface area contributed by atoms with E-state index in [-0.39, 0.29) is 11.4 Å². The van der Waals surface area contributed by atoms with Gasteiger partial charge in [0.15, 0.2) is 0 Å². The second-order valence-corrected chi connectivity index (χ2v) is 6.25. The van der Waals surface area contributed by atoms with Crippen LogP contribution in [0.1, 0.15) is 36.9 Å². The van der Waals surface area contributed by atoms with Crippen LogP contribution in [0.3, 0.4) is 0 Å². The van der Waals surface area contributed by atoms with Crippen LogP contribution < -0.4 is 10.6 Å². The number of hydrogen-bond donors (Lipinski definition) is 2. The molecular weight excluding hydrogens is 370 g/mol. The Morgan fingerprint density at radius 1 is 0.793 bits per heavy atom. The van der Waals surface area contributed by atoms with E-state index in [1.54, 1.807) is 36.4 Å². The van der Waals surface area contributed by atoms with Gasteiger partial charge in [-0.3, -0.25) is 9.59 Å². The van der Waals surface area contributed by atoms with E-state index in [1.807, 2.05) is 25.1 Å². The fraction of sp³-hybridized carbons (Fsp3) is 0.0909. The number of carbonyl (C=O) groups is 3. The van der Waals surface area contributed by atoms with Crippen LogP contribution in [0.2, 0.25) is 0 Å². The third-order valence-electron chi connectivity index (χ3n) is 4.05. The highest BCUT2D eigenvalue weighted by Gasteiger charge is 2.13. The molecule has 1 aromatic heterocycles. The fourth-order valence-electron chi connectivity index (χ4n) is 2.61. The number of methoxy groups -OCH3 is 1. The number of anilines is 2. The zero-order chi connectivity index (χ0) is 20.8. The summed E-state index contributed by atoms with van der Waals surface area (Å²) in [5.74, 6) is -1.34. The number of nitrogens with zero attached hydrogens (tertiary/aromatic N) is 1. The number of aryl methyl sites for hydroxylation is 1. The zero-order valence-electron chi connectivity index (χ0n) is 15.9. The summed E-state index contributed by atoms with van der Waals surface area (Å²) in [6, 6.07) is 18.3. The monoisotopic (exact) mass is 389 g/mol. The molecule has 1 heterocycles. The average molecular weight is 389 g/mol. The molecule has 0 aliphatic carbocycles. The van der Waals surface area contributed by atoms with Crippen molar-refractivity contribution < 1.29 is 19.1 Å². The number of esters is 1. The molecule has 0 spiro atoms. The number of rotatable bonds is 5. The Balaban J connectivity index is 1.70. The summed E-state index contributed by atoms with van der Waals surface area (Å²) < 4.78 is 4.64. The number of ether oxygens (including phenoxy) is 1. The predicted octanol–water partition coefficient (Wildman–Crippen LogP) is 3.68. The van der Waals surface area contributed by atoms with Gasteiger partial charge in [0.25, 0.3) is 11.8 Å². The second kappa shape index (κ2) is 8.79. The normalized spacial score (nSPS) is 10.1. The van der Waals surface area contributed by atoms with Crippen LogP contribution in [-0.4, -0.2) is 29.9 Å². The molecule has 7 nitrogen and oxygen atoms in total. The summed E-state index contributed by atoms with van der Waals surface area (Å²) in [4.78, 5) is 40.5. The molecular formula is C22H19N3O4. The predicted molar refractivity (Wildman–Crippen MR) is 109 cm³/mol. The summed E-state index contributed by atoms with van der Waals surface area (Å²) in [5.41, 5.74) is 2.75. The van der Waals surface area contributed by atoms with Gasteiger partial charge in [0.2, 0.25) is 0 Å². The highest BCUT2D eigenvalue weighted by Crippen LogP contribution is 2.13. The van der Waals surface area contributed by atoms with Crippen molar-refractivity contribution in [3.8, 4) is 0 Å². The molecule has 0 unspecified atom stereocenters. The summed E-state index contributed by atoms with van der Waals surface area (Å²) in [6.45, 7) is 1.93. The van der Waals surface area contributed by atoms with Gasteiger partial charge < -0.3 is 15.4 Å². The van der Waals surface area contributed by atoms with Crippen LogP contribution in [0.5, 0.6) is 0 Å². The molecule has 2 aromatic carbocycles. The van der Waals surface area contributed by atoms with Gasteiger partial charge in [0.05, 0.1) is 12.7 Å². The molecule has 3 rings (SSSR count). The number of aromatic nitrogens is 1. The maximum absolute atomic E-state index is 12.5. The molecule has 29 heavy (non-hydrogen) atoms. The van der Waals surface area contributed by atoms with Crippen molar-refractivity contribution in [3.05, 3.63) is 89.2 Å². The Bertz CT molecular complexity index is 1060. The van der Waals surface area contributed by atoms with Crippen molar-refractivity contribution in [2.45, 2.75) is 6.92 Å². The van der Waals surface area contributed by atoms with Crippen molar-refractivity contribution in [1.29, 1.82) is 0 Å². The highest BCUT2D eigenvalue weighted by atomic mass is 16.5. The number of hydrogen-bond acceptors (Lipinski definition) is 5. The van der Waals surface area contributed by atoms with Crippen molar-refractivity contribution >= 4 is 29.2 Å². The third kappa shape index (κ3) is 5.04. The van der Waals surface area contributed by atoms with Gasteiger partial charge in [-0.25, -0.2) is 9.78 Å². The first-order valence-electron chi connectivity index (χ1n) is 8.81. The molecule has 0 bridgehead atoms. The first-order chi connectivity index (χ1) is 14.0. The van der Waals surface area contributed by atoms with Crippen LogP contribution in [0, 0.1) is 6.92 Å². The molecule has 3 aromatic rings. The zero-order valence-corrected chi connectivity index (χ0v) is 15.9. The SMILES string of the molecule is COC(=O)c1ccc(NC(=O)c2cccc(C(=O)Nc3cccc(C)c3)n2)cc1. The lowest BCUT2D eigenvalue weighted by molar-refractivity contribution is 0.0600. The molecule has 0 atom stereocenters. The van der Waals surface area contributed by atoms with Gasteiger partial charge in [0, 0.05) is 11.4 Å². The maximum atomic E-state index is 12.5. The van der Waals surface area contributed by atoms with E-state index in [9.17, 15) is 14.4 Å². The molecule has 0 saturated heterocycles. The van der Waals surface area contributed by atoms with Gasteiger partial charge in [-0.1, -0.05) is 18.2 Å². The van der Waals surface area contributed by atoms with E-state index in [0.29, 0.717) is 16.9 Å². The standard InChI is InChI=1S/C22H19N3O4/c1-14-5-3-6-17(13-14)24-21(27)19-8-4-7-18(25-19)20(26)23-16-11-9-15(10-12-16)22(28)29-2/h3-13H,1-2H3,(H,23,26)(H,24,27). The van der Waals surface area contributed by atoms with Crippen molar-refractivity contribution in [2.75, 3.05) is 17.7 Å². The van der Waals surface area contributed by atoms with Gasteiger partial charge in [0.1, 0.15) is 11.4 Å². The van der Waals surface area contributed by atoms with E-state index in [1.165, 1.54) is 19.2 Å². The van der Waals surface area contributed by atoms with Crippen LogP contribution in [0.25, 0.3) is 0 Å². The van der Waals surface area contributed by atoms with Gasteiger partial charge in [-0.2, -0.15) is 0 Å². The maximum Gasteiger partial charge on any atom is 0.337 e. The number of benzene rings is 2. The summed E-state index contributed by atoms with van der Waals surface area (Å²) in [5, 5.41) is 5.44. The molecule has 2 amide bonds. The minimum atomic E-state index is -0.471. The van der Waals surface area contributed by atoms with E-state index in [0.717, 1.165) is 5.56 Å². The number of amides is 2. The molecule has 0 fully saturated rings. The summed E-state index contributed by atoms with van der Waals surface area (Å²) in [6.07, 6.45) is 0. The number of carbonyl (C=O) groups excluding carboxylic acids is 3. The second-order valence-electron chi connectivity index (χ2n) is 6.25. The summed E-state index contributed by atoms with van der Waals surface area (Å²) >= 11 is 0. The minimum absolute atomic E-state index is 0.0962. The first kappa shape index (κ1) is 19.8. The van der Waals surface area contributed by atoms with E-state index < -0.39 is 17.8 Å². The van der Waals surface area contributed by atoms with E-state index in [2.05, 4.69) is 20.4 Å². The summed E-state index contributed by atoms with van der Waals surface area (Å²) in [7, 11) is 1.30. The van der Waals surface area contributed by atoms with Crippen molar-refractivity contribution in [1.82, 2.24) is 4.98 Å². The van der Waals surface area contributed by atoms with Crippen LogP contribution in [-0.2, 0) is 4.74 Å². The lowest BCUT2D eigenvalue weighted by atomic mass is 10.2. The van der Waals surface area contributed by atoms with Gasteiger partial charge >= 0.3 is 5.97 Å². The van der Waals surface area contributed by atoms with Crippen LogP contribution in [0.15, 0.2) is 66.7 Å². The Morgan fingerprint density at radius 2 is 1.38 bits per heavy atom. The van der Waals surface area contributed by atoms with Crippen LogP contribution in [0.4, 0.5) is 11.4 Å². The average Bonchev–Trinajstić information content (AvgIpc) is 2.74. The fourth-order valence-corrected chi connectivity index (χ4v) is 2.61. The van der Waals surface area contributed by atoms with Crippen molar-refractivity contribution in [3.63, 3.8) is 0 Å². The Morgan fingerprint density at radius 3 is 1.97 bits per heavy atom. The Kier molecular flexibility index (Phi) is 5.99. The molecule has 0 radical (unpaired) electrons. The lowest BCUT2D eigenvalue weighted by Crippen LogP contribution is -2.18. The van der Waals surface area contributed by atoms with Gasteiger partial charge in [-0.05, 0) is 61.0 Å². The van der Waals surface area contributed by atoms with Crippen molar-refractivity contribution in [2.24, 2.45) is 0 Å². The smallest absolute Gasteiger partial charge is 0.337 e. The minimum Gasteiger partial charge on any atom is -0.465 e. The van der Waals surface area contributed by atoms with Gasteiger partial charge in [-0.15, -0.1) is 0 Å².